The average molecular weight is 261 g/mol. The fraction of sp³-hybridized carbons (Fsp3) is 0.636. The largest absolute Gasteiger partial charge is 0.435 e. The van der Waals surface area contributed by atoms with Crippen molar-refractivity contribution in [2.24, 2.45) is 0 Å². The van der Waals surface area contributed by atoms with Gasteiger partial charge in [0, 0.05) is 12.2 Å². The molecule has 0 bridgehead atoms. The first-order valence-corrected chi connectivity index (χ1v) is 5.90. The molecule has 7 heteroatoms. The van der Waals surface area contributed by atoms with Gasteiger partial charge in [-0.1, -0.05) is 19.3 Å². The van der Waals surface area contributed by atoms with Crippen LogP contribution in [0.1, 0.15) is 37.8 Å². The van der Waals surface area contributed by atoms with E-state index >= 15 is 0 Å². The molecule has 0 atom stereocenters. The second-order valence-corrected chi connectivity index (χ2v) is 4.43. The van der Waals surface area contributed by atoms with Gasteiger partial charge in [-0.2, -0.15) is 23.0 Å². The quantitative estimate of drug-likeness (QED) is 0.845. The van der Waals surface area contributed by atoms with Gasteiger partial charge in [-0.3, -0.25) is 0 Å². The summed E-state index contributed by atoms with van der Waals surface area (Å²) in [7, 11) is 0. The molecule has 1 N–H and O–H groups in total. The summed E-state index contributed by atoms with van der Waals surface area (Å²) in [6, 6.07) is 0.239. The number of nitrogens with one attached hydrogen (secondary N) is 1. The molecule has 18 heavy (non-hydrogen) atoms. The Balaban J connectivity index is 1.98. The number of hydrogen-bond acceptors (Lipinski definition) is 2. The van der Waals surface area contributed by atoms with E-state index in [9.17, 15) is 18.0 Å². The summed E-state index contributed by atoms with van der Waals surface area (Å²) >= 11 is 0. The number of halogens is 3. The second kappa shape index (κ2) is 4.99. The third kappa shape index (κ3) is 3.02. The zero-order valence-corrected chi connectivity index (χ0v) is 9.70. The summed E-state index contributed by atoms with van der Waals surface area (Å²) in [5, 5.41) is 5.92. The highest BCUT2D eigenvalue weighted by Crippen LogP contribution is 2.27. The summed E-state index contributed by atoms with van der Waals surface area (Å²) in [6.45, 7) is 0. The zero-order chi connectivity index (χ0) is 13.2. The lowest BCUT2D eigenvalue weighted by Crippen LogP contribution is -2.39. The highest BCUT2D eigenvalue weighted by molar-refractivity contribution is 5.76. The first-order valence-electron chi connectivity index (χ1n) is 5.90. The van der Waals surface area contributed by atoms with Crippen LogP contribution in [0.2, 0.25) is 0 Å². The van der Waals surface area contributed by atoms with Crippen LogP contribution in [0.4, 0.5) is 18.0 Å². The predicted octanol–water partition coefficient (Wildman–Crippen LogP) is 2.79. The van der Waals surface area contributed by atoms with Crippen LogP contribution in [0.3, 0.4) is 0 Å². The smallest absolute Gasteiger partial charge is 0.333 e. The van der Waals surface area contributed by atoms with Crippen LogP contribution < -0.4 is 5.32 Å². The Labute approximate surface area is 102 Å². The highest BCUT2D eigenvalue weighted by Gasteiger charge is 2.34. The number of amides is 1. The number of alkyl halides is 3. The third-order valence-electron chi connectivity index (χ3n) is 3.02. The molecule has 2 rings (SSSR count). The topological polar surface area (TPSA) is 46.9 Å². The fourth-order valence-electron chi connectivity index (χ4n) is 2.08. The van der Waals surface area contributed by atoms with Gasteiger partial charge < -0.3 is 5.32 Å². The number of rotatable bonds is 1. The summed E-state index contributed by atoms with van der Waals surface area (Å²) in [5.74, 6) is 0. The molecular weight excluding hydrogens is 247 g/mol. The summed E-state index contributed by atoms with van der Waals surface area (Å²) in [5.41, 5.74) is -1.05. The van der Waals surface area contributed by atoms with Crippen molar-refractivity contribution in [2.75, 3.05) is 0 Å². The van der Waals surface area contributed by atoms with Gasteiger partial charge in [-0.25, -0.2) is 4.79 Å². The first kappa shape index (κ1) is 12.9. The normalized spacial score (nSPS) is 17.7. The molecule has 0 unspecified atom stereocenters. The van der Waals surface area contributed by atoms with Crippen LogP contribution in [0.25, 0.3) is 0 Å². The number of hydrogen-bond donors (Lipinski definition) is 1. The highest BCUT2D eigenvalue weighted by atomic mass is 19.4. The monoisotopic (exact) mass is 261 g/mol. The molecule has 1 aliphatic rings. The van der Waals surface area contributed by atoms with Crippen LogP contribution in [0, 0.1) is 0 Å². The minimum atomic E-state index is -4.52. The Morgan fingerprint density at radius 2 is 2.00 bits per heavy atom. The molecule has 100 valence electrons. The van der Waals surface area contributed by atoms with Crippen molar-refractivity contribution in [2.45, 2.75) is 44.3 Å². The Kier molecular flexibility index (Phi) is 3.58. The van der Waals surface area contributed by atoms with E-state index in [-0.39, 0.29) is 6.04 Å². The van der Waals surface area contributed by atoms with E-state index in [1.807, 2.05) is 0 Å². The molecule has 4 nitrogen and oxygen atoms in total. The van der Waals surface area contributed by atoms with Gasteiger partial charge in [0.1, 0.15) is 0 Å². The SMILES string of the molecule is O=C(NC1CCCCC1)n1ccc(C(F)(F)F)n1. The molecule has 1 heterocycles. The van der Waals surface area contributed by atoms with E-state index in [1.54, 1.807) is 0 Å². The lowest BCUT2D eigenvalue weighted by molar-refractivity contribution is -0.141. The molecule has 1 saturated carbocycles. The molecule has 0 aromatic carbocycles. The minimum Gasteiger partial charge on any atom is -0.333 e. The van der Waals surface area contributed by atoms with Crippen LogP contribution in [0.15, 0.2) is 12.3 Å². The van der Waals surface area contributed by atoms with Crippen molar-refractivity contribution in [1.29, 1.82) is 0 Å². The first-order chi connectivity index (χ1) is 8.47. The van der Waals surface area contributed by atoms with E-state index in [0.717, 1.165) is 44.4 Å². The standard InChI is InChI=1S/C11H14F3N3O/c12-11(13,14)9-6-7-17(16-9)10(18)15-8-4-2-1-3-5-8/h6-8H,1-5H2,(H,15,18). The number of carbonyl (C=O) groups is 1. The van der Waals surface area contributed by atoms with E-state index in [2.05, 4.69) is 10.4 Å². The van der Waals surface area contributed by atoms with Crippen molar-refractivity contribution >= 4 is 6.03 Å². The van der Waals surface area contributed by atoms with Gasteiger partial charge >= 0.3 is 12.2 Å². The molecule has 0 aliphatic heterocycles. The molecule has 1 fully saturated rings. The summed E-state index contributed by atoms with van der Waals surface area (Å²) in [6.07, 6.45) is 1.48. The number of nitrogens with zero attached hydrogens (tertiary/aromatic N) is 2. The number of aromatic nitrogens is 2. The van der Waals surface area contributed by atoms with Crippen molar-refractivity contribution in [3.63, 3.8) is 0 Å². The molecule has 1 aliphatic carbocycles. The molecule has 1 amide bonds. The fourth-order valence-corrected chi connectivity index (χ4v) is 2.08. The molecule has 0 radical (unpaired) electrons. The lowest BCUT2D eigenvalue weighted by Gasteiger charge is -2.22. The summed E-state index contributed by atoms with van der Waals surface area (Å²) < 4.78 is 37.7. The Bertz CT molecular complexity index is 421. The maximum absolute atomic E-state index is 12.3. The molecule has 0 spiro atoms. The zero-order valence-electron chi connectivity index (χ0n) is 9.70. The average Bonchev–Trinajstić information content (AvgIpc) is 2.79. The van der Waals surface area contributed by atoms with Crippen molar-refractivity contribution in [1.82, 2.24) is 15.1 Å². The molecule has 1 aromatic heterocycles. The second-order valence-electron chi connectivity index (χ2n) is 4.43. The lowest BCUT2D eigenvalue weighted by atomic mass is 9.96. The van der Waals surface area contributed by atoms with Crippen LogP contribution in [-0.2, 0) is 6.18 Å². The van der Waals surface area contributed by atoms with Gasteiger partial charge in [0.25, 0.3) is 0 Å². The van der Waals surface area contributed by atoms with Crippen molar-refractivity contribution in [3.8, 4) is 0 Å². The minimum absolute atomic E-state index is 0.0461. The number of carbonyl (C=O) groups excluding carboxylic acids is 1. The van der Waals surface area contributed by atoms with Gasteiger partial charge in [0.2, 0.25) is 0 Å². The maximum atomic E-state index is 12.3. The van der Waals surface area contributed by atoms with Crippen LogP contribution in [0.5, 0.6) is 0 Å². The van der Waals surface area contributed by atoms with Gasteiger partial charge in [-0.05, 0) is 18.9 Å². The third-order valence-corrected chi connectivity index (χ3v) is 3.02. The van der Waals surface area contributed by atoms with E-state index in [1.165, 1.54) is 0 Å². The molecular formula is C11H14F3N3O. The predicted molar refractivity (Wildman–Crippen MR) is 58.0 cm³/mol. The van der Waals surface area contributed by atoms with E-state index in [4.69, 9.17) is 0 Å². The van der Waals surface area contributed by atoms with Crippen LogP contribution >= 0.6 is 0 Å². The Morgan fingerprint density at radius 1 is 1.33 bits per heavy atom. The Hall–Kier alpha value is -1.53. The van der Waals surface area contributed by atoms with Gasteiger partial charge in [0.05, 0.1) is 0 Å². The summed E-state index contributed by atoms with van der Waals surface area (Å²) in [4.78, 5) is 11.7. The molecule has 1 aromatic rings. The van der Waals surface area contributed by atoms with Crippen molar-refractivity contribution < 1.29 is 18.0 Å². The van der Waals surface area contributed by atoms with E-state index < -0.39 is 17.9 Å². The van der Waals surface area contributed by atoms with Crippen molar-refractivity contribution in [3.05, 3.63) is 18.0 Å². The van der Waals surface area contributed by atoms with E-state index in [0.29, 0.717) is 4.68 Å². The van der Waals surface area contributed by atoms with Gasteiger partial charge in [-0.15, -0.1) is 0 Å². The Morgan fingerprint density at radius 3 is 2.56 bits per heavy atom. The van der Waals surface area contributed by atoms with Gasteiger partial charge in [0.15, 0.2) is 5.69 Å². The molecule has 0 saturated heterocycles. The van der Waals surface area contributed by atoms with Crippen LogP contribution in [-0.4, -0.2) is 21.9 Å². The maximum Gasteiger partial charge on any atom is 0.435 e.